The molecule has 0 amide bonds. The van der Waals surface area contributed by atoms with E-state index < -0.39 is 11.9 Å². The van der Waals surface area contributed by atoms with Crippen LogP contribution in [0.5, 0.6) is 0 Å². The van der Waals surface area contributed by atoms with E-state index >= 15 is 0 Å². The molecule has 1 aromatic carbocycles. The van der Waals surface area contributed by atoms with E-state index in [4.69, 9.17) is 11.6 Å². The molecule has 0 N–H and O–H groups in total. The van der Waals surface area contributed by atoms with Crippen molar-refractivity contribution >= 4 is 27.5 Å². The number of halogens is 5. The van der Waals surface area contributed by atoms with Crippen LogP contribution < -0.4 is 0 Å². The molecule has 0 aliphatic rings. The Kier molecular flexibility index (Phi) is 3.42. The number of hydrogen-bond donors (Lipinski definition) is 0. The highest BCUT2D eigenvalue weighted by Gasteiger charge is 2.34. The topological polar surface area (TPSA) is 17.8 Å². The lowest BCUT2D eigenvalue weighted by molar-refractivity contribution is -0.140. The summed E-state index contributed by atoms with van der Waals surface area (Å²) in [6, 6.07) is 4.93. The second-order valence-corrected chi connectivity index (χ2v) is 5.01. The van der Waals surface area contributed by atoms with Crippen LogP contribution in [0, 0.1) is 0 Å². The van der Waals surface area contributed by atoms with Gasteiger partial charge < -0.3 is 4.57 Å². The summed E-state index contributed by atoms with van der Waals surface area (Å²) < 4.78 is 39.7. The second kappa shape index (κ2) is 4.59. The van der Waals surface area contributed by atoms with E-state index in [1.54, 1.807) is 18.2 Å². The van der Waals surface area contributed by atoms with Crippen LogP contribution in [-0.2, 0) is 13.2 Å². The predicted molar refractivity (Wildman–Crippen MR) is 66.4 cm³/mol. The van der Waals surface area contributed by atoms with Crippen molar-refractivity contribution in [2.75, 3.05) is 0 Å². The molecule has 0 atom stereocenters. The first-order valence-corrected chi connectivity index (χ1v) is 6.02. The molecule has 96 valence electrons. The molecular weight excluding hydrogens is 332 g/mol. The van der Waals surface area contributed by atoms with Crippen LogP contribution in [0.1, 0.15) is 5.69 Å². The zero-order valence-corrected chi connectivity index (χ0v) is 11.4. The number of aryl methyl sites for hydroxylation is 1. The lowest BCUT2D eigenvalue weighted by Gasteiger charge is -2.04. The van der Waals surface area contributed by atoms with E-state index in [0.29, 0.717) is 10.6 Å². The smallest absolute Gasteiger partial charge is 0.333 e. The molecule has 1 heterocycles. The van der Waals surface area contributed by atoms with E-state index in [1.165, 1.54) is 11.6 Å². The highest BCUT2D eigenvalue weighted by atomic mass is 79.9. The molecule has 0 saturated heterocycles. The summed E-state index contributed by atoms with van der Waals surface area (Å²) >= 11 is 9.23. The summed E-state index contributed by atoms with van der Waals surface area (Å²) in [5, 5.41) is 0.340. The highest BCUT2D eigenvalue weighted by molar-refractivity contribution is 9.10. The Morgan fingerprint density at radius 1 is 1.33 bits per heavy atom. The Morgan fingerprint density at radius 3 is 2.50 bits per heavy atom. The van der Waals surface area contributed by atoms with Crippen molar-refractivity contribution in [1.29, 1.82) is 0 Å². The van der Waals surface area contributed by atoms with E-state index in [0.717, 1.165) is 10.7 Å². The quantitative estimate of drug-likeness (QED) is 0.747. The SMILES string of the molecule is Cn1cc(C(F)(F)F)nc1-c1ccc(Br)cc1Cl. The van der Waals surface area contributed by atoms with Gasteiger partial charge in [0.2, 0.25) is 0 Å². The molecule has 0 fully saturated rings. The van der Waals surface area contributed by atoms with Crippen LogP contribution in [0.3, 0.4) is 0 Å². The van der Waals surface area contributed by atoms with Crippen molar-refractivity contribution in [3.05, 3.63) is 39.6 Å². The molecule has 0 saturated carbocycles. The molecule has 0 unspecified atom stereocenters. The van der Waals surface area contributed by atoms with Gasteiger partial charge in [0.15, 0.2) is 5.69 Å². The van der Waals surface area contributed by atoms with Crippen LogP contribution in [0.2, 0.25) is 5.02 Å². The van der Waals surface area contributed by atoms with Crippen LogP contribution in [0.15, 0.2) is 28.9 Å². The number of nitrogens with zero attached hydrogens (tertiary/aromatic N) is 2. The van der Waals surface area contributed by atoms with Crippen LogP contribution in [-0.4, -0.2) is 9.55 Å². The molecule has 0 radical (unpaired) electrons. The van der Waals surface area contributed by atoms with Gasteiger partial charge in [0.05, 0.1) is 5.02 Å². The van der Waals surface area contributed by atoms with Crippen molar-refractivity contribution in [3.8, 4) is 11.4 Å². The number of benzene rings is 1. The van der Waals surface area contributed by atoms with Crippen molar-refractivity contribution in [2.45, 2.75) is 6.18 Å². The predicted octanol–water partition coefficient (Wildman–Crippen LogP) is 4.52. The third-order valence-corrected chi connectivity index (χ3v) is 3.14. The fraction of sp³-hybridized carbons (Fsp3) is 0.182. The maximum Gasteiger partial charge on any atom is 0.434 e. The van der Waals surface area contributed by atoms with E-state index in [9.17, 15) is 13.2 Å². The zero-order valence-electron chi connectivity index (χ0n) is 9.09. The number of hydrogen-bond acceptors (Lipinski definition) is 1. The lowest BCUT2D eigenvalue weighted by Crippen LogP contribution is -2.04. The first-order chi connectivity index (χ1) is 8.29. The summed E-state index contributed by atoms with van der Waals surface area (Å²) in [6.45, 7) is 0. The Bertz CT molecular complexity index is 592. The third-order valence-electron chi connectivity index (χ3n) is 2.34. The normalized spacial score (nSPS) is 11.9. The fourth-order valence-corrected chi connectivity index (χ4v) is 2.28. The van der Waals surface area contributed by atoms with E-state index in [2.05, 4.69) is 20.9 Å². The van der Waals surface area contributed by atoms with Gasteiger partial charge in [-0.25, -0.2) is 4.98 Å². The molecular formula is C11H7BrClF3N2. The largest absolute Gasteiger partial charge is 0.434 e. The van der Waals surface area contributed by atoms with E-state index in [1.807, 2.05) is 0 Å². The number of alkyl halides is 3. The van der Waals surface area contributed by atoms with Gasteiger partial charge in [-0.05, 0) is 18.2 Å². The first-order valence-electron chi connectivity index (χ1n) is 4.85. The molecule has 2 aromatic rings. The van der Waals surface area contributed by atoms with Gasteiger partial charge in [0.1, 0.15) is 5.82 Å². The molecule has 0 aliphatic heterocycles. The summed E-state index contributed by atoms with van der Waals surface area (Å²) in [6.07, 6.45) is -3.52. The Labute approximate surface area is 115 Å². The standard InChI is InChI=1S/C11H7BrClF3N2/c1-18-5-9(11(14,15)16)17-10(18)7-3-2-6(12)4-8(7)13/h2-5H,1H3. The van der Waals surface area contributed by atoms with Crippen LogP contribution in [0.25, 0.3) is 11.4 Å². The van der Waals surface area contributed by atoms with Gasteiger partial charge in [0.25, 0.3) is 0 Å². The van der Waals surface area contributed by atoms with Crippen LogP contribution >= 0.6 is 27.5 Å². The maximum absolute atomic E-state index is 12.5. The van der Waals surface area contributed by atoms with Gasteiger partial charge in [-0.1, -0.05) is 27.5 Å². The zero-order chi connectivity index (χ0) is 13.5. The van der Waals surface area contributed by atoms with Gasteiger partial charge in [-0.15, -0.1) is 0 Å². The van der Waals surface area contributed by atoms with Crippen molar-refractivity contribution < 1.29 is 13.2 Å². The molecule has 2 rings (SSSR count). The summed E-state index contributed by atoms with van der Waals surface area (Å²) in [5.74, 6) is 0.180. The van der Waals surface area contributed by atoms with Crippen molar-refractivity contribution in [3.63, 3.8) is 0 Å². The average molecular weight is 340 g/mol. The Hall–Kier alpha value is -1.01. The maximum atomic E-state index is 12.5. The molecule has 2 nitrogen and oxygen atoms in total. The highest BCUT2D eigenvalue weighted by Crippen LogP contribution is 2.33. The number of imidazole rings is 1. The minimum absolute atomic E-state index is 0.180. The van der Waals surface area contributed by atoms with Crippen molar-refractivity contribution in [2.24, 2.45) is 7.05 Å². The minimum Gasteiger partial charge on any atom is -0.333 e. The van der Waals surface area contributed by atoms with Crippen LogP contribution in [0.4, 0.5) is 13.2 Å². The molecule has 18 heavy (non-hydrogen) atoms. The molecule has 1 aromatic heterocycles. The average Bonchev–Trinajstić information content (AvgIpc) is 2.60. The molecule has 7 heteroatoms. The number of rotatable bonds is 1. The summed E-state index contributed by atoms with van der Waals surface area (Å²) in [5.41, 5.74) is -0.475. The number of aromatic nitrogens is 2. The minimum atomic E-state index is -4.46. The third kappa shape index (κ3) is 2.54. The Morgan fingerprint density at radius 2 is 2.00 bits per heavy atom. The summed E-state index contributed by atoms with van der Waals surface area (Å²) in [4.78, 5) is 3.58. The molecule has 0 bridgehead atoms. The van der Waals surface area contributed by atoms with Gasteiger partial charge in [-0.3, -0.25) is 0 Å². The van der Waals surface area contributed by atoms with Gasteiger partial charge in [-0.2, -0.15) is 13.2 Å². The van der Waals surface area contributed by atoms with Gasteiger partial charge in [0, 0.05) is 23.3 Å². The molecule has 0 spiro atoms. The lowest BCUT2D eigenvalue weighted by atomic mass is 10.2. The van der Waals surface area contributed by atoms with E-state index in [-0.39, 0.29) is 5.82 Å². The summed E-state index contributed by atoms with van der Waals surface area (Å²) in [7, 11) is 1.50. The Balaban J connectivity index is 2.55. The molecule has 0 aliphatic carbocycles. The fourth-order valence-electron chi connectivity index (χ4n) is 1.52. The van der Waals surface area contributed by atoms with Crippen molar-refractivity contribution in [1.82, 2.24) is 9.55 Å². The second-order valence-electron chi connectivity index (χ2n) is 3.68. The monoisotopic (exact) mass is 338 g/mol. The first kappa shape index (κ1) is 13.4. The van der Waals surface area contributed by atoms with Gasteiger partial charge >= 0.3 is 6.18 Å².